The molecule has 1 saturated carbocycles. The second-order valence-electron chi connectivity index (χ2n) is 9.72. The van der Waals surface area contributed by atoms with E-state index >= 15 is 0 Å². The van der Waals surface area contributed by atoms with Crippen LogP contribution in [-0.4, -0.2) is 14.5 Å². The highest BCUT2D eigenvalue weighted by Gasteiger charge is 2.34. The van der Waals surface area contributed by atoms with E-state index in [1.165, 1.54) is 24.0 Å². The molecular formula is C29H27N5. The van der Waals surface area contributed by atoms with Crippen LogP contribution in [0.25, 0.3) is 33.9 Å². The Morgan fingerprint density at radius 1 is 0.941 bits per heavy atom. The van der Waals surface area contributed by atoms with Crippen LogP contribution in [-0.2, 0) is 5.54 Å². The number of benzene rings is 2. The number of para-hydroxylation sites is 1. The van der Waals surface area contributed by atoms with E-state index in [1.807, 2.05) is 12.3 Å². The number of aromatic nitrogens is 3. The molecule has 0 unspecified atom stereocenters. The Kier molecular flexibility index (Phi) is 4.30. The third-order valence-corrected chi connectivity index (χ3v) is 7.65. The minimum absolute atomic E-state index is 0.164. The monoisotopic (exact) mass is 445 g/mol. The Balaban J connectivity index is 1.51. The van der Waals surface area contributed by atoms with Crippen molar-refractivity contribution in [3.8, 4) is 28.3 Å². The van der Waals surface area contributed by atoms with Crippen LogP contribution in [0, 0.1) is 0 Å². The van der Waals surface area contributed by atoms with Gasteiger partial charge in [0.25, 0.3) is 0 Å². The number of pyridine rings is 1. The Hall–Kier alpha value is -3.70. The van der Waals surface area contributed by atoms with Crippen LogP contribution in [0.1, 0.15) is 49.8 Å². The lowest BCUT2D eigenvalue weighted by Gasteiger charge is -2.38. The lowest BCUT2D eigenvalue weighted by molar-refractivity contribution is 0.253. The number of rotatable bonds is 3. The SMILES string of the molecule is NC1(c2ccc(-c3c(C4=CCCC4)nc4n3-c3cccnc3Nc3ccccc3-4)cc2)CCC1. The van der Waals surface area contributed by atoms with E-state index in [9.17, 15) is 0 Å². The molecule has 168 valence electrons. The average molecular weight is 446 g/mol. The van der Waals surface area contributed by atoms with E-state index in [0.29, 0.717) is 0 Å². The lowest BCUT2D eigenvalue weighted by atomic mass is 9.72. The van der Waals surface area contributed by atoms with Crippen LogP contribution in [0.3, 0.4) is 0 Å². The summed E-state index contributed by atoms with van der Waals surface area (Å²) in [4.78, 5) is 10.0. The molecule has 0 atom stereocenters. The summed E-state index contributed by atoms with van der Waals surface area (Å²) in [7, 11) is 0. The van der Waals surface area contributed by atoms with Gasteiger partial charge in [0.05, 0.1) is 22.8 Å². The molecule has 0 amide bonds. The summed E-state index contributed by atoms with van der Waals surface area (Å²) in [5.41, 5.74) is 15.5. The normalized spacial score (nSPS) is 17.5. The molecule has 3 N–H and O–H groups in total. The number of nitrogens with two attached hydrogens (primary N) is 1. The number of imidazole rings is 1. The van der Waals surface area contributed by atoms with Crippen LogP contribution >= 0.6 is 0 Å². The zero-order chi connectivity index (χ0) is 22.7. The first kappa shape index (κ1) is 19.7. The molecule has 3 heterocycles. The molecule has 2 aromatic heterocycles. The van der Waals surface area contributed by atoms with Gasteiger partial charge in [-0.1, -0.05) is 42.5 Å². The summed E-state index contributed by atoms with van der Waals surface area (Å²) >= 11 is 0. The first-order chi connectivity index (χ1) is 16.7. The summed E-state index contributed by atoms with van der Waals surface area (Å²) in [6, 6.07) is 21.4. The highest BCUT2D eigenvalue weighted by molar-refractivity contribution is 5.89. The molecule has 2 aliphatic carbocycles. The van der Waals surface area contributed by atoms with Gasteiger partial charge in [-0.3, -0.25) is 4.57 Å². The van der Waals surface area contributed by atoms with Gasteiger partial charge in [-0.25, -0.2) is 9.97 Å². The number of nitrogens with one attached hydrogen (secondary N) is 1. The molecule has 34 heavy (non-hydrogen) atoms. The Morgan fingerprint density at radius 2 is 1.79 bits per heavy atom. The fraction of sp³-hybridized carbons (Fsp3) is 0.241. The van der Waals surface area contributed by atoms with Crippen molar-refractivity contribution in [3.05, 3.63) is 84.2 Å². The fourth-order valence-electron chi connectivity index (χ4n) is 5.61. The van der Waals surface area contributed by atoms with E-state index in [1.54, 1.807) is 0 Å². The van der Waals surface area contributed by atoms with Gasteiger partial charge < -0.3 is 11.1 Å². The van der Waals surface area contributed by atoms with Crippen LogP contribution in [0.2, 0.25) is 0 Å². The molecule has 0 radical (unpaired) electrons. The third kappa shape index (κ3) is 2.90. The summed E-state index contributed by atoms with van der Waals surface area (Å²) in [6.45, 7) is 0. The molecular weight excluding hydrogens is 418 g/mol. The van der Waals surface area contributed by atoms with E-state index < -0.39 is 0 Å². The van der Waals surface area contributed by atoms with Gasteiger partial charge in [0.15, 0.2) is 5.82 Å². The minimum atomic E-state index is -0.164. The van der Waals surface area contributed by atoms with Crippen molar-refractivity contribution in [1.82, 2.24) is 14.5 Å². The highest BCUT2D eigenvalue weighted by atomic mass is 15.2. The first-order valence-electron chi connectivity index (χ1n) is 12.3. The van der Waals surface area contributed by atoms with Crippen molar-refractivity contribution in [3.63, 3.8) is 0 Å². The van der Waals surface area contributed by atoms with Gasteiger partial charge in [0, 0.05) is 22.9 Å². The summed E-state index contributed by atoms with van der Waals surface area (Å²) < 4.78 is 2.30. The quantitative estimate of drug-likeness (QED) is 0.330. The van der Waals surface area contributed by atoms with Gasteiger partial charge in [0.1, 0.15) is 5.82 Å². The summed E-state index contributed by atoms with van der Waals surface area (Å²) in [5, 5.41) is 3.54. The number of fused-ring (bicyclic) bond motifs is 5. The van der Waals surface area contributed by atoms with E-state index in [2.05, 4.69) is 70.6 Å². The Labute approximate surface area is 199 Å². The van der Waals surface area contributed by atoms with Crippen molar-refractivity contribution in [2.24, 2.45) is 5.73 Å². The van der Waals surface area contributed by atoms with Crippen LogP contribution in [0.4, 0.5) is 11.5 Å². The number of nitrogens with zero attached hydrogens (tertiary/aromatic N) is 3. The molecule has 5 heteroatoms. The molecule has 0 bridgehead atoms. The van der Waals surface area contributed by atoms with Gasteiger partial charge >= 0.3 is 0 Å². The van der Waals surface area contributed by atoms with Crippen molar-refractivity contribution in [2.75, 3.05) is 5.32 Å². The molecule has 1 fully saturated rings. The second kappa shape index (κ2) is 7.40. The molecule has 1 aliphatic heterocycles. The van der Waals surface area contributed by atoms with Crippen molar-refractivity contribution >= 4 is 17.1 Å². The molecule has 2 aromatic carbocycles. The molecule has 3 aliphatic rings. The van der Waals surface area contributed by atoms with Gasteiger partial charge in [0.2, 0.25) is 0 Å². The predicted octanol–water partition coefficient (Wildman–Crippen LogP) is 6.56. The molecule has 5 nitrogen and oxygen atoms in total. The number of allylic oxidation sites excluding steroid dienone is 2. The maximum Gasteiger partial charge on any atom is 0.154 e. The molecule has 0 spiro atoms. The van der Waals surface area contributed by atoms with E-state index in [0.717, 1.165) is 71.2 Å². The molecule has 7 rings (SSSR count). The summed E-state index contributed by atoms with van der Waals surface area (Å²) in [6.07, 6.45) is 10.9. The van der Waals surface area contributed by atoms with Crippen molar-refractivity contribution in [2.45, 2.75) is 44.1 Å². The number of hydrogen-bond acceptors (Lipinski definition) is 4. The van der Waals surface area contributed by atoms with Crippen LogP contribution < -0.4 is 11.1 Å². The topological polar surface area (TPSA) is 68.8 Å². The maximum absolute atomic E-state index is 6.63. The maximum atomic E-state index is 6.63. The lowest BCUT2D eigenvalue weighted by Crippen LogP contribution is -2.43. The zero-order valence-corrected chi connectivity index (χ0v) is 19.1. The number of hydrogen-bond donors (Lipinski definition) is 2. The van der Waals surface area contributed by atoms with Gasteiger partial charge in [-0.05, 0) is 73.9 Å². The Morgan fingerprint density at radius 3 is 2.56 bits per heavy atom. The highest BCUT2D eigenvalue weighted by Crippen LogP contribution is 2.45. The third-order valence-electron chi connectivity index (χ3n) is 7.65. The Bertz CT molecular complexity index is 1440. The predicted molar refractivity (Wildman–Crippen MR) is 137 cm³/mol. The van der Waals surface area contributed by atoms with Gasteiger partial charge in [-0.15, -0.1) is 0 Å². The van der Waals surface area contributed by atoms with E-state index in [-0.39, 0.29) is 5.54 Å². The van der Waals surface area contributed by atoms with Crippen molar-refractivity contribution < 1.29 is 0 Å². The van der Waals surface area contributed by atoms with Crippen LogP contribution in [0.5, 0.6) is 0 Å². The first-order valence-corrected chi connectivity index (χ1v) is 12.3. The van der Waals surface area contributed by atoms with Crippen LogP contribution in [0.15, 0.2) is 72.9 Å². The summed E-state index contributed by atoms with van der Waals surface area (Å²) in [5.74, 6) is 1.79. The fourth-order valence-corrected chi connectivity index (χ4v) is 5.61. The van der Waals surface area contributed by atoms with E-state index in [4.69, 9.17) is 15.7 Å². The minimum Gasteiger partial charge on any atom is -0.338 e. The van der Waals surface area contributed by atoms with Gasteiger partial charge in [-0.2, -0.15) is 0 Å². The molecule has 0 saturated heterocycles. The second-order valence-corrected chi connectivity index (χ2v) is 9.72. The smallest absolute Gasteiger partial charge is 0.154 e. The standard InChI is InChI=1S/C29H27N5/c30-29(16-6-17-29)21-14-12-20(13-15-21)26-25(19-7-1-2-8-19)33-28-22-9-3-4-10-23(22)32-27-24(34(26)28)11-5-18-31-27/h3-5,7,9-15,18H,1-2,6,8,16-17,30H2,(H,31,32). The zero-order valence-electron chi connectivity index (χ0n) is 19.1. The van der Waals surface area contributed by atoms with Crippen molar-refractivity contribution in [1.29, 1.82) is 0 Å². The largest absolute Gasteiger partial charge is 0.338 e. The molecule has 4 aromatic rings. The average Bonchev–Trinajstić information content (AvgIpc) is 3.49. The number of anilines is 2.